The van der Waals surface area contributed by atoms with E-state index in [1.165, 1.54) is 17.7 Å². The van der Waals surface area contributed by atoms with Crippen molar-refractivity contribution in [3.63, 3.8) is 0 Å². The molecule has 1 N–H and O–H groups in total. The molecule has 144 valence electrons. The lowest BCUT2D eigenvalue weighted by atomic mass is 9.92. The highest BCUT2D eigenvalue weighted by molar-refractivity contribution is 5.99. The van der Waals surface area contributed by atoms with Crippen molar-refractivity contribution < 1.29 is 14.3 Å². The Balaban J connectivity index is 1.62. The predicted molar refractivity (Wildman–Crippen MR) is 108 cm³/mol. The Bertz CT molecular complexity index is 1070. The number of amides is 1. The SMILES string of the molecule is Cc1c(C(=O)N2CCC[C@H](c3ccccc3)CC2)c(=O)oc2ccc(O)cc12. The molecule has 0 unspecified atom stereocenters. The zero-order valence-electron chi connectivity index (χ0n) is 15.9. The zero-order chi connectivity index (χ0) is 19.7. The van der Waals surface area contributed by atoms with Crippen molar-refractivity contribution in [1.82, 2.24) is 4.90 Å². The molecule has 3 aromatic rings. The molecule has 28 heavy (non-hydrogen) atoms. The number of nitrogens with zero attached hydrogens (tertiary/aromatic N) is 1. The van der Waals surface area contributed by atoms with Crippen LogP contribution in [0.15, 0.2) is 57.7 Å². The molecule has 5 heteroatoms. The highest BCUT2D eigenvalue weighted by atomic mass is 16.4. The van der Waals surface area contributed by atoms with Gasteiger partial charge in [-0.3, -0.25) is 4.79 Å². The fourth-order valence-corrected chi connectivity index (χ4v) is 4.10. The summed E-state index contributed by atoms with van der Waals surface area (Å²) in [7, 11) is 0. The van der Waals surface area contributed by atoms with Crippen molar-refractivity contribution in [3.05, 3.63) is 75.6 Å². The van der Waals surface area contributed by atoms with Gasteiger partial charge >= 0.3 is 5.63 Å². The number of fused-ring (bicyclic) bond motifs is 1. The first kappa shape index (κ1) is 18.3. The van der Waals surface area contributed by atoms with E-state index < -0.39 is 5.63 Å². The Morgan fingerprint density at radius 3 is 2.68 bits per heavy atom. The molecule has 0 saturated carbocycles. The summed E-state index contributed by atoms with van der Waals surface area (Å²) < 4.78 is 5.35. The lowest BCUT2D eigenvalue weighted by Gasteiger charge is -2.21. The number of rotatable bonds is 2. The summed E-state index contributed by atoms with van der Waals surface area (Å²) in [5.41, 5.74) is 1.67. The van der Waals surface area contributed by atoms with E-state index >= 15 is 0 Å². The topological polar surface area (TPSA) is 70.8 Å². The molecule has 1 aromatic heterocycles. The molecule has 2 heterocycles. The average molecular weight is 377 g/mol. The van der Waals surface area contributed by atoms with Gasteiger partial charge < -0.3 is 14.4 Å². The highest BCUT2D eigenvalue weighted by Crippen LogP contribution is 2.29. The van der Waals surface area contributed by atoms with Gasteiger partial charge in [0.2, 0.25) is 0 Å². The maximum absolute atomic E-state index is 13.2. The average Bonchev–Trinajstić information content (AvgIpc) is 2.95. The molecule has 5 nitrogen and oxygen atoms in total. The second-order valence-electron chi connectivity index (χ2n) is 7.40. The minimum atomic E-state index is -0.621. The fraction of sp³-hybridized carbons (Fsp3) is 0.304. The molecule has 1 aliphatic heterocycles. The van der Waals surface area contributed by atoms with Gasteiger partial charge in [-0.25, -0.2) is 4.79 Å². The second kappa shape index (κ2) is 7.50. The maximum Gasteiger partial charge on any atom is 0.349 e. The molecule has 0 aliphatic carbocycles. The summed E-state index contributed by atoms with van der Waals surface area (Å²) in [4.78, 5) is 27.4. The Labute approximate surface area is 163 Å². The van der Waals surface area contributed by atoms with E-state index in [1.807, 2.05) is 18.2 Å². The lowest BCUT2D eigenvalue weighted by Crippen LogP contribution is -2.35. The normalized spacial score (nSPS) is 17.5. The second-order valence-corrected chi connectivity index (χ2v) is 7.40. The van der Waals surface area contributed by atoms with Crippen LogP contribution >= 0.6 is 0 Å². The van der Waals surface area contributed by atoms with Crippen LogP contribution in [-0.2, 0) is 0 Å². The van der Waals surface area contributed by atoms with E-state index in [0.717, 1.165) is 19.3 Å². The van der Waals surface area contributed by atoms with Gasteiger partial charge in [0.1, 0.15) is 16.9 Å². The summed E-state index contributed by atoms with van der Waals surface area (Å²) in [6.45, 7) is 2.96. The van der Waals surface area contributed by atoms with Crippen molar-refractivity contribution in [2.24, 2.45) is 0 Å². The van der Waals surface area contributed by atoms with Crippen LogP contribution in [0.5, 0.6) is 5.75 Å². The number of carbonyl (C=O) groups excluding carboxylic acids is 1. The summed E-state index contributed by atoms with van der Waals surface area (Å²) in [6.07, 6.45) is 2.78. The summed E-state index contributed by atoms with van der Waals surface area (Å²) in [5, 5.41) is 10.3. The largest absolute Gasteiger partial charge is 0.508 e. The number of likely N-dealkylation sites (tertiary alicyclic amines) is 1. The van der Waals surface area contributed by atoms with E-state index in [4.69, 9.17) is 4.42 Å². The first-order valence-corrected chi connectivity index (χ1v) is 9.65. The van der Waals surface area contributed by atoms with Gasteiger partial charge in [-0.15, -0.1) is 0 Å². The number of aromatic hydroxyl groups is 1. The van der Waals surface area contributed by atoms with Crippen molar-refractivity contribution >= 4 is 16.9 Å². The molecule has 1 aliphatic rings. The maximum atomic E-state index is 13.2. The standard InChI is InChI=1S/C23H23NO4/c1-15-19-14-18(25)9-10-20(19)28-23(27)21(15)22(26)24-12-5-8-17(11-13-24)16-6-3-2-4-7-16/h2-4,6-7,9-10,14,17,25H,5,8,11-13H2,1H3/t17-/m0/s1. The van der Waals surface area contributed by atoms with E-state index in [-0.39, 0.29) is 17.2 Å². The van der Waals surface area contributed by atoms with Gasteiger partial charge in [0.05, 0.1) is 0 Å². The number of hydrogen-bond acceptors (Lipinski definition) is 4. The van der Waals surface area contributed by atoms with Crippen LogP contribution in [0.1, 0.15) is 46.7 Å². The number of carbonyl (C=O) groups is 1. The molecule has 4 rings (SSSR count). The molecule has 2 aromatic carbocycles. The third kappa shape index (κ3) is 3.40. The quantitative estimate of drug-likeness (QED) is 0.679. The van der Waals surface area contributed by atoms with Gasteiger partial charge in [0.25, 0.3) is 5.91 Å². The van der Waals surface area contributed by atoms with Gasteiger partial charge in [-0.05, 0) is 61.4 Å². The Kier molecular flexibility index (Phi) is 4.90. The van der Waals surface area contributed by atoms with Crippen molar-refractivity contribution in [3.8, 4) is 5.75 Å². The Morgan fingerprint density at radius 1 is 1.11 bits per heavy atom. The van der Waals surface area contributed by atoms with Gasteiger partial charge in [0, 0.05) is 18.5 Å². The Morgan fingerprint density at radius 2 is 1.89 bits per heavy atom. The third-order valence-corrected chi connectivity index (χ3v) is 5.65. The van der Waals surface area contributed by atoms with Crippen LogP contribution < -0.4 is 5.63 Å². The van der Waals surface area contributed by atoms with Crippen molar-refractivity contribution in [2.75, 3.05) is 13.1 Å². The van der Waals surface area contributed by atoms with E-state index in [1.54, 1.807) is 17.9 Å². The van der Waals surface area contributed by atoms with Crippen LogP contribution in [0.25, 0.3) is 11.0 Å². The number of phenolic OH excluding ortho intramolecular Hbond substituents is 1. The van der Waals surface area contributed by atoms with E-state index in [2.05, 4.69) is 12.1 Å². The van der Waals surface area contributed by atoms with Gasteiger partial charge in [-0.1, -0.05) is 30.3 Å². The predicted octanol–water partition coefficient (Wildman–Crippen LogP) is 4.22. The molecular formula is C23H23NO4. The summed E-state index contributed by atoms with van der Waals surface area (Å²) >= 11 is 0. The zero-order valence-corrected chi connectivity index (χ0v) is 15.9. The van der Waals surface area contributed by atoms with Crippen molar-refractivity contribution in [2.45, 2.75) is 32.1 Å². The number of phenols is 1. The molecule has 0 bridgehead atoms. The highest BCUT2D eigenvalue weighted by Gasteiger charge is 2.27. The fourth-order valence-electron chi connectivity index (χ4n) is 4.10. The lowest BCUT2D eigenvalue weighted by molar-refractivity contribution is 0.0756. The minimum Gasteiger partial charge on any atom is -0.508 e. The smallest absolute Gasteiger partial charge is 0.349 e. The van der Waals surface area contributed by atoms with Crippen LogP contribution in [0.2, 0.25) is 0 Å². The molecular weight excluding hydrogens is 354 g/mol. The third-order valence-electron chi connectivity index (χ3n) is 5.65. The monoisotopic (exact) mass is 377 g/mol. The molecule has 1 amide bonds. The van der Waals surface area contributed by atoms with Crippen molar-refractivity contribution in [1.29, 1.82) is 0 Å². The Hall–Kier alpha value is -3.08. The minimum absolute atomic E-state index is 0.0660. The molecule has 1 atom stereocenters. The number of benzene rings is 2. The van der Waals surface area contributed by atoms with Crippen LogP contribution in [-0.4, -0.2) is 29.0 Å². The number of hydrogen-bond donors (Lipinski definition) is 1. The van der Waals surface area contributed by atoms with Crippen LogP contribution in [0.4, 0.5) is 0 Å². The molecule has 0 radical (unpaired) electrons. The van der Waals surface area contributed by atoms with Crippen LogP contribution in [0, 0.1) is 6.92 Å². The summed E-state index contributed by atoms with van der Waals surface area (Å²) in [6, 6.07) is 14.9. The molecule has 1 fully saturated rings. The van der Waals surface area contributed by atoms with Crippen LogP contribution in [0.3, 0.4) is 0 Å². The van der Waals surface area contributed by atoms with E-state index in [9.17, 15) is 14.7 Å². The van der Waals surface area contributed by atoms with Gasteiger partial charge in [-0.2, -0.15) is 0 Å². The molecule has 0 spiro atoms. The van der Waals surface area contributed by atoms with Gasteiger partial charge in [0.15, 0.2) is 0 Å². The molecule has 1 saturated heterocycles. The number of aryl methyl sites for hydroxylation is 1. The first-order valence-electron chi connectivity index (χ1n) is 9.65. The summed E-state index contributed by atoms with van der Waals surface area (Å²) in [5.74, 6) is 0.207. The first-order chi connectivity index (χ1) is 13.5. The van der Waals surface area contributed by atoms with E-state index in [0.29, 0.717) is 35.5 Å².